The van der Waals surface area contributed by atoms with Gasteiger partial charge in [0.25, 0.3) is 5.91 Å². The van der Waals surface area contributed by atoms with Crippen LogP contribution in [-0.4, -0.2) is 15.9 Å². The molecule has 0 atom stereocenters. The van der Waals surface area contributed by atoms with Gasteiger partial charge in [-0.25, -0.2) is 9.97 Å². The molecule has 0 aliphatic carbocycles. The predicted octanol–water partition coefficient (Wildman–Crippen LogP) is 2.17. The van der Waals surface area contributed by atoms with E-state index >= 15 is 0 Å². The summed E-state index contributed by atoms with van der Waals surface area (Å²) in [6.45, 7) is 0.00799. The average Bonchev–Trinajstić information content (AvgIpc) is 2.45. The highest BCUT2D eigenvalue weighted by molar-refractivity contribution is 5.92. The first-order chi connectivity index (χ1) is 9.86. The fourth-order valence-electron chi connectivity index (χ4n) is 1.46. The minimum Gasteiger partial charge on any atom is -0.459 e. The molecule has 5 nitrogen and oxygen atoms in total. The van der Waals surface area contributed by atoms with Crippen LogP contribution in [0, 0.1) is 0 Å². The number of hydrogen-bond acceptors (Lipinski definition) is 4. The van der Waals surface area contributed by atoms with Gasteiger partial charge in [-0.15, -0.1) is 0 Å². The van der Waals surface area contributed by atoms with E-state index in [1.54, 1.807) is 0 Å². The Morgan fingerprint density at radius 3 is 2.19 bits per heavy atom. The number of aromatic nitrogens is 2. The number of carbonyl (C=O) groups excluding carboxylic acids is 1. The lowest BCUT2D eigenvalue weighted by atomic mass is 10.1. The number of hydrogen-bond donors (Lipinski definition) is 1. The molecule has 0 radical (unpaired) electrons. The van der Waals surface area contributed by atoms with Crippen molar-refractivity contribution in [2.45, 2.75) is 12.8 Å². The van der Waals surface area contributed by atoms with Crippen LogP contribution in [0.25, 0.3) is 0 Å². The van der Waals surface area contributed by atoms with Crippen molar-refractivity contribution >= 4 is 5.91 Å². The van der Waals surface area contributed by atoms with Crippen LogP contribution >= 0.6 is 0 Å². The number of rotatable bonds is 4. The maximum Gasteiger partial charge on any atom is 0.416 e. The second kappa shape index (κ2) is 5.78. The van der Waals surface area contributed by atoms with E-state index in [9.17, 15) is 18.0 Å². The zero-order chi connectivity index (χ0) is 15.5. The van der Waals surface area contributed by atoms with Crippen LogP contribution in [0.5, 0.6) is 6.01 Å². The molecule has 0 saturated carbocycles. The zero-order valence-corrected chi connectivity index (χ0v) is 10.6. The Balaban J connectivity index is 1.98. The van der Waals surface area contributed by atoms with Crippen molar-refractivity contribution in [2.24, 2.45) is 5.73 Å². The summed E-state index contributed by atoms with van der Waals surface area (Å²) in [5, 5.41) is 0. The van der Waals surface area contributed by atoms with Crippen LogP contribution in [-0.2, 0) is 12.8 Å². The molecule has 0 aliphatic heterocycles. The van der Waals surface area contributed by atoms with Crippen molar-refractivity contribution in [2.75, 3.05) is 0 Å². The van der Waals surface area contributed by atoms with E-state index in [0.717, 1.165) is 12.1 Å². The van der Waals surface area contributed by atoms with Crippen LogP contribution in [0.3, 0.4) is 0 Å². The molecule has 21 heavy (non-hydrogen) atoms. The molecule has 1 amide bonds. The number of amides is 1. The maximum absolute atomic E-state index is 12.4. The minimum absolute atomic E-state index is 0.0000945. The molecule has 0 bridgehead atoms. The molecule has 1 aromatic carbocycles. The smallest absolute Gasteiger partial charge is 0.416 e. The van der Waals surface area contributed by atoms with Gasteiger partial charge < -0.3 is 10.5 Å². The number of ether oxygens (including phenoxy) is 1. The van der Waals surface area contributed by atoms with Gasteiger partial charge in [-0.05, 0) is 17.7 Å². The van der Waals surface area contributed by atoms with E-state index < -0.39 is 17.6 Å². The SMILES string of the molecule is NC(=O)c1cnc(OCc2ccc(C(F)(F)F)cc2)nc1. The number of benzene rings is 1. The Bertz CT molecular complexity index is 625. The summed E-state index contributed by atoms with van der Waals surface area (Å²) >= 11 is 0. The molecule has 0 unspecified atom stereocenters. The van der Waals surface area contributed by atoms with Crippen molar-refractivity contribution in [3.8, 4) is 6.01 Å². The van der Waals surface area contributed by atoms with Crippen LogP contribution < -0.4 is 10.5 Å². The molecular formula is C13H10F3N3O2. The van der Waals surface area contributed by atoms with Gasteiger partial charge in [-0.3, -0.25) is 4.79 Å². The normalized spacial score (nSPS) is 11.2. The highest BCUT2D eigenvalue weighted by Crippen LogP contribution is 2.29. The van der Waals surface area contributed by atoms with Crippen molar-refractivity contribution in [3.63, 3.8) is 0 Å². The summed E-state index contributed by atoms with van der Waals surface area (Å²) in [5.74, 6) is -0.663. The average molecular weight is 297 g/mol. The molecule has 0 saturated heterocycles. The van der Waals surface area contributed by atoms with Gasteiger partial charge in [-0.2, -0.15) is 13.2 Å². The third kappa shape index (κ3) is 3.91. The second-order valence-corrected chi connectivity index (χ2v) is 4.10. The molecule has 2 rings (SSSR count). The van der Waals surface area contributed by atoms with E-state index in [4.69, 9.17) is 10.5 Å². The molecule has 0 aliphatic rings. The standard InChI is InChI=1S/C13H10F3N3O2/c14-13(15,16)10-3-1-8(2-4-10)7-21-12-18-5-9(6-19-12)11(17)20/h1-6H,7H2,(H2,17,20). The largest absolute Gasteiger partial charge is 0.459 e. The summed E-state index contributed by atoms with van der Waals surface area (Å²) in [4.78, 5) is 18.3. The van der Waals surface area contributed by atoms with Crippen LogP contribution in [0.15, 0.2) is 36.7 Å². The molecular weight excluding hydrogens is 287 g/mol. The number of nitrogens with zero attached hydrogens (tertiary/aromatic N) is 2. The van der Waals surface area contributed by atoms with Crippen molar-refractivity contribution in [1.82, 2.24) is 9.97 Å². The highest BCUT2D eigenvalue weighted by Gasteiger charge is 2.29. The first-order valence-corrected chi connectivity index (χ1v) is 5.77. The van der Waals surface area contributed by atoms with Crippen LogP contribution in [0.2, 0.25) is 0 Å². The molecule has 2 aromatic rings. The number of halogens is 3. The lowest BCUT2D eigenvalue weighted by Gasteiger charge is -2.08. The summed E-state index contributed by atoms with van der Waals surface area (Å²) in [6, 6.07) is 4.55. The maximum atomic E-state index is 12.4. The fraction of sp³-hybridized carbons (Fsp3) is 0.154. The van der Waals surface area contributed by atoms with E-state index in [1.165, 1.54) is 24.5 Å². The number of alkyl halides is 3. The van der Waals surface area contributed by atoms with Crippen LogP contribution in [0.4, 0.5) is 13.2 Å². The zero-order valence-electron chi connectivity index (χ0n) is 10.6. The summed E-state index contributed by atoms with van der Waals surface area (Å²) in [5.41, 5.74) is 4.97. The third-order valence-electron chi connectivity index (χ3n) is 2.56. The van der Waals surface area contributed by atoms with Gasteiger partial charge in [0.1, 0.15) is 6.61 Å². The lowest BCUT2D eigenvalue weighted by molar-refractivity contribution is -0.137. The summed E-state index contributed by atoms with van der Waals surface area (Å²) < 4.78 is 42.3. The highest BCUT2D eigenvalue weighted by atomic mass is 19.4. The lowest BCUT2D eigenvalue weighted by Crippen LogP contribution is -2.12. The predicted molar refractivity (Wildman–Crippen MR) is 66.3 cm³/mol. The topological polar surface area (TPSA) is 78.1 Å². The molecule has 0 fully saturated rings. The van der Waals surface area contributed by atoms with E-state index in [-0.39, 0.29) is 18.2 Å². The third-order valence-corrected chi connectivity index (χ3v) is 2.56. The Kier molecular flexibility index (Phi) is 4.06. The Morgan fingerprint density at radius 1 is 1.14 bits per heavy atom. The van der Waals surface area contributed by atoms with Gasteiger partial charge in [0.2, 0.25) is 0 Å². The monoisotopic (exact) mass is 297 g/mol. The van der Waals surface area contributed by atoms with Crippen LogP contribution in [0.1, 0.15) is 21.5 Å². The number of carbonyl (C=O) groups is 1. The van der Waals surface area contributed by atoms with Crippen molar-refractivity contribution in [3.05, 3.63) is 53.3 Å². The second-order valence-electron chi connectivity index (χ2n) is 4.10. The van der Waals surface area contributed by atoms with E-state index in [1.807, 2.05) is 0 Å². The quantitative estimate of drug-likeness (QED) is 0.938. The molecule has 1 heterocycles. The van der Waals surface area contributed by atoms with E-state index in [2.05, 4.69) is 9.97 Å². The summed E-state index contributed by atoms with van der Waals surface area (Å²) in [7, 11) is 0. The van der Waals surface area contributed by atoms with Crippen molar-refractivity contribution < 1.29 is 22.7 Å². The molecule has 1 aromatic heterocycles. The number of primary amides is 1. The Labute approximate surface area is 117 Å². The molecule has 110 valence electrons. The van der Waals surface area contributed by atoms with E-state index in [0.29, 0.717) is 5.56 Å². The Hall–Kier alpha value is -2.64. The summed E-state index contributed by atoms with van der Waals surface area (Å²) in [6.07, 6.45) is -1.96. The first-order valence-electron chi connectivity index (χ1n) is 5.77. The first kappa shape index (κ1) is 14.8. The molecule has 0 spiro atoms. The van der Waals surface area contributed by atoms with Gasteiger partial charge >= 0.3 is 12.2 Å². The van der Waals surface area contributed by atoms with Gasteiger partial charge in [-0.1, -0.05) is 12.1 Å². The van der Waals surface area contributed by atoms with Gasteiger partial charge in [0.15, 0.2) is 0 Å². The van der Waals surface area contributed by atoms with Gasteiger partial charge in [0.05, 0.1) is 11.1 Å². The van der Waals surface area contributed by atoms with Crippen molar-refractivity contribution in [1.29, 1.82) is 0 Å². The molecule has 2 N–H and O–H groups in total. The minimum atomic E-state index is -4.37. The fourth-order valence-corrected chi connectivity index (χ4v) is 1.46. The van der Waals surface area contributed by atoms with Gasteiger partial charge in [0, 0.05) is 12.4 Å². The Morgan fingerprint density at radius 2 is 1.71 bits per heavy atom. The number of nitrogens with two attached hydrogens (primary N) is 1. The molecule has 8 heteroatoms.